The zero-order valence-electron chi connectivity index (χ0n) is 13.3. The van der Waals surface area contributed by atoms with Crippen LogP contribution in [-0.4, -0.2) is 6.54 Å². The standard InChI is InChI=1S/C19H31N/c1-3-4-5-17-10-12-19(13-11-17)15-20-14-18-8-6-16(2)7-9-18/h6-9,17,19-20H,3-5,10-15H2,1-2H3. The van der Waals surface area contributed by atoms with Gasteiger partial charge in [0.15, 0.2) is 0 Å². The van der Waals surface area contributed by atoms with Crippen LogP contribution in [0.3, 0.4) is 0 Å². The smallest absolute Gasteiger partial charge is 0.0205 e. The van der Waals surface area contributed by atoms with Gasteiger partial charge in [-0.3, -0.25) is 0 Å². The molecule has 2 rings (SSSR count). The lowest BCUT2D eigenvalue weighted by Crippen LogP contribution is -2.26. The predicted molar refractivity (Wildman–Crippen MR) is 87.9 cm³/mol. The maximum absolute atomic E-state index is 3.65. The molecule has 0 radical (unpaired) electrons. The summed E-state index contributed by atoms with van der Waals surface area (Å²) >= 11 is 0. The van der Waals surface area contributed by atoms with Crippen molar-refractivity contribution in [3.05, 3.63) is 35.4 Å². The summed E-state index contributed by atoms with van der Waals surface area (Å²) in [6.07, 6.45) is 10.1. The first kappa shape index (κ1) is 15.6. The lowest BCUT2D eigenvalue weighted by Gasteiger charge is -2.28. The van der Waals surface area contributed by atoms with Gasteiger partial charge in [0.05, 0.1) is 0 Å². The van der Waals surface area contributed by atoms with Crippen molar-refractivity contribution in [3.8, 4) is 0 Å². The number of hydrogen-bond donors (Lipinski definition) is 1. The van der Waals surface area contributed by atoms with Crippen LogP contribution in [0.25, 0.3) is 0 Å². The molecule has 0 spiro atoms. The fourth-order valence-corrected chi connectivity index (χ4v) is 3.34. The molecule has 0 aliphatic heterocycles. The van der Waals surface area contributed by atoms with Crippen molar-refractivity contribution in [2.24, 2.45) is 11.8 Å². The van der Waals surface area contributed by atoms with E-state index in [0.29, 0.717) is 0 Å². The van der Waals surface area contributed by atoms with Crippen LogP contribution in [0.1, 0.15) is 63.0 Å². The van der Waals surface area contributed by atoms with E-state index in [4.69, 9.17) is 0 Å². The van der Waals surface area contributed by atoms with Gasteiger partial charge < -0.3 is 5.32 Å². The van der Waals surface area contributed by atoms with E-state index >= 15 is 0 Å². The van der Waals surface area contributed by atoms with Gasteiger partial charge in [-0.05, 0) is 43.7 Å². The van der Waals surface area contributed by atoms with Gasteiger partial charge in [-0.1, -0.05) is 68.9 Å². The highest BCUT2D eigenvalue weighted by atomic mass is 14.9. The van der Waals surface area contributed by atoms with E-state index in [9.17, 15) is 0 Å². The van der Waals surface area contributed by atoms with Gasteiger partial charge in [0, 0.05) is 6.54 Å². The lowest BCUT2D eigenvalue weighted by atomic mass is 9.80. The molecular formula is C19H31N. The minimum absolute atomic E-state index is 0.915. The highest BCUT2D eigenvalue weighted by molar-refractivity contribution is 5.21. The largest absolute Gasteiger partial charge is 0.312 e. The average Bonchev–Trinajstić information content (AvgIpc) is 2.48. The van der Waals surface area contributed by atoms with Gasteiger partial charge in [-0.15, -0.1) is 0 Å². The third-order valence-corrected chi connectivity index (χ3v) is 4.81. The van der Waals surface area contributed by atoms with Crippen LogP contribution in [0.2, 0.25) is 0 Å². The lowest BCUT2D eigenvalue weighted by molar-refractivity contribution is 0.253. The molecule has 0 unspecified atom stereocenters. The Morgan fingerprint density at radius 2 is 1.65 bits per heavy atom. The Hall–Kier alpha value is -0.820. The quantitative estimate of drug-likeness (QED) is 0.730. The molecule has 0 heterocycles. The second-order valence-electron chi connectivity index (χ2n) is 6.65. The Morgan fingerprint density at radius 1 is 1.00 bits per heavy atom. The maximum atomic E-state index is 3.65. The molecule has 1 aromatic rings. The average molecular weight is 273 g/mol. The molecular weight excluding hydrogens is 242 g/mol. The third kappa shape index (κ3) is 5.28. The zero-order chi connectivity index (χ0) is 14.2. The van der Waals surface area contributed by atoms with E-state index in [1.807, 2.05) is 0 Å². The van der Waals surface area contributed by atoms with Crippen molar-refractivity contribution in [3.63, 3.8) is 0 Å². The molecule has 0 atom stereocenters. The van der Waals surface area contributed by atoms with Crippen molar-refractivity contribution in [2.75, 3.05) is 6.54 Å². The van der Waals surface area contributed by atoms with Crippen LogP contribution in [0.4, 0.5) is 0 Å². The number of aryl methyl sites for hydroxylation is 1. The van der Waals surface area contributed by atoms with Crippen LogP contribution in [0.5, 0.6) is 0 Å². The highest BCUT2D eigenvalue weighted by Gasteiger charge is 2.20. The fraction of sp³-hybridized carbons (Fsp3) is 0.684. The molecule has 0 aromatic heterocycles. The van der Waals surface area contributed by atoms with Gasteiger partial charge in [0.1, 0.15) is 0 Å². The minimum atomic E-state index is 0.915. The number of nitrogens with one attached hydrogen (secondary N) is 1. The molecule has 0 amide bonds. The van der Waals surface area contributed by atoms with Crippen molar-refractivity contribution >= 4 is 0 Å². The van der Waals surface area contributed by atoms with Crippen molar-refractivity contribution in [1.29, 1.82) is 0 Å². The third-order valence-electron chi connectivity index (χ3n) is 4.81. The van der Waals surface area contributed by atoms with Crippen molar-refractivity contribution in [2.45, 2.75) is 65.3 Å². The zero-order valence-corrected chi connectivity index (χ0v) is 13.3. The summed E-state index contributed by atoms with van der Waals surface area (Å²) in [5, 5.41) is 3.65. The van der Waals surface area contributed by atoms with Crippen LogP contribution < -0.4 is 5.32 Å². The summed E-state index contributed by atoms with van der Waals surface area (Å²) in [6.45, 7) is 6.68. The minimum Gasteiger partial charge on any atom is -0.312 e. The summed E-state index contributed by atoms with van der Waals surface area (Å²) in [7, 11) is 0. The second-order valence-corrected chi connectivity index (χ2v) is 6.65. The van der Waals surface area contributed by atoms with Crippen molar-refractivity contribution in [1.82, 2.24) is 5.32 Å². The van der Waals surface area contributed by atoms with Gasteiger partial charge in [-0.25, -0.2) is 0 Å². The van der Waals surface area contributed by atoms with Crippen molar-refractivity contribution < 1.29 is 0 Å². The number of unbranched alkanes of at least 4 members (excludes halogenated alkanes) is 1. The van der Waals surface area contributed by atoms with E-state index < -0.39 is 0 Å². The molecule has 112 valence electrons. The Bertz CT molecular complexity index is 360. The van der Waals surface area contributed by atoms with Crippen LogP contribution in [0.15, 0.2) is 24.3 Å². The van der Waals surface area contributed by atoms with E-state index in [2.05, 4.69) is 43.4 Å². The summed E-state index contributed by atoms with van der Waals surface area (Å²) in [5.74, 6) is 1.95. The molecule has 1 heteroatoms. The SMILES string of the molecule is CCCCC1CCC(CNCc2ccc(C)cc2)CC1. The van der Waals surface area contributed by atoms with Gasteiger partial charge in [0.25, 0.3) is 0 Å². The number of benzene rings is 1. The van der Waals surface area contributed by atoms with Crippen LogP contribution in [0, 0.1) is 18.8 Å². The summed E-state index contributed by atoms with van der Waals surface area (Å²) in [5.41, 5.74) is 2.76. The molecule has 1 aromatic carbocycles. The van der Waals surface area contributed by atoms with Crippen LogP contribution in [-0.2, 0) is 6.54 Å². The monoisotopic (exact) mass is 273 g/mol. The van der Waals surface area contributed by atoms with E-state index in [-0.39, 0.29) is 0 Å². The molecule has 1 aliphatic carbocycles. The van der Waals surface area contributed by atoms with E-state index in [1.54, 1.807) is 0 Å². The van der Waals surface area contributed by atoms with Crippen LogP contribution >= 0.6 is 0 Å². The molecule has 1 N–H and O–H groups in total. The summed E-state index contributed by atoms with van der Waals surface area (Å²) in [4.78, 5) is 0. The number of hydrogen-bond acceptors (Lipinski definition) is 1. The molecule has 0 bridgehead atoms. The first-order chi connectivity index (χ1) is 9.78. The first-order valence-electron chi connectivity index (χ1n) is 8.54. The highest BCUT2D eigenvalue weighted by Crippen LogP contribution is 2.31. The molecule has 1 fully saturated rings. The maximum Gasteiger partial charge on any atom is 0.0205 e. The Balaban J connectivity index is 1.60. The normalized spacial score (nSPS) is 22.9. The van der Waals surface area contributed by atoms with E-state index in [1.165, 1.54) is 62.6 Å². The number of rotatable bonds is 7. The Kier molecular flexibility index (Phi) is 6.59. The summed E-state index contributed by atoms with van der Waals surface area (Å²) in [6, 6.07) is 8.89. The Labute approximate surface area is 125 Å². The summed E-state index contributed by atoms with van der Waals surface area (Å²) < 4.78 is 0. The fourth-order valence-electron chi connectivity index (χ4n) is 3.34. The molecule has 1 saturated carbocycles. The molecule has 0 saturated heterocycles. The molecule has 1 aliphatic rings. The molecule has 1 nitrogen and oxygen atoms in total. The predicted octanol–water partition coefficient (Wildman–Crippen LogP) is 5.08. The van der Waals surface area contributed by atoms with E-state index in [0.717, 1.165) is 18.4 Å². The topological polar surface area (TPSA) is 12.0 Å². The van der Waals surface area contributed by atoms with Gasteiger partial charge in [0.2, 0.25) is 0 Å². The second kappa shape index (κ2) is 8.46. The molecule has 20 heavy (non-hydrogen) atoms. The first-order valence-corrected chi connectivity index (χ1v) is 8.54. The van der Waals surface area contributed by atoms with Gasteiger partial charge in [-0.2, -0.15) is 0 Å². The van der Waals surface area contributed by atoms with Gasteiger partial charge >= 0.3 is 0 Å². The Morgan fingerprint density at radius 3 is 2.30 bits per heavy atom.